The summed E-state index contributed by atoms with van der Waals surface area (Å²) in [6.07, 6.45) is -14.1. The number of rotatable bonds is 12. The van der Waals surface area contributed by atoms with Gasteiger partial charge in [0.05, 0.1) is 5.56 Å². The van der Waals surface area contributed by atoms with Crippen molar-refractivity contribution in [3.8, 4) is 44.5 Å². The minimum Gasteiger partial charge on any atom is -0.451 e. The number of para-hydroxylation sites is 4. The SMILES string of the molecule is Cc1ccccc1C(=O)Nc1ccc(-c2c(C(F)(F)F)oc3ccccc23)cn1.O=C(Nc1ccc(-c2c(C(F)(F)F)oc3ccccc23)cn1)c1c(F)cccc1F.O=C(Nc1ccc(-c2c(C(F)(F)F)oc3ccccc23)cn1)c1c(F)cccc1F.O=C(Nc1ccc(-c2c(C(F)(F)F)oc3ccccc23)cn1)c1ccccc1F. The molecule has 0 aliphatic carbocycles. The number of pyridine rings is 4. The van der Waals surface area contributed by atoms with Crippen LogP contribution in [0.3, 0.4) is 0 Å². The highest BCUT2D eigenvalue weighted by molar-refractivity contribution is 6.08. The molecule has 0 spiro atoms. The van der Waals surface area contributed by atoms with Gasteiger partial charge in [0.1, 0.15) is 85.8 Å². The molecule has 0 radical (unpaired) electrons. The number of anilines is 4. The number of furan rings is 4. The molecule has 8 aromatic heterocycles. The molecule has 4 N–H and O–H groups in total. The average Bonchev–Trinajstić information content (AvgIpc) is 1.62. The smallest absolute Gasteiger partial charge is 0.450 e. The number of nitrogens with one attached hydrogen (secondary N) is 4. The van der Waals surface area contributed by atoms with Crippen LogP contribution in [-0.2, 0) is 24.7 Å². The summed E-state index contributed by atoms with van der Waals surface area (Å²) in [6.45, 7) is 1.81. The standard InChI is InChI=1S/C22H15F3N2O2.2C21H11F5N2O2.C21H12F4N2O2/c1-13-6-2-3-7-15(13)21(28)27-18-11-10-14(12-26-18)19-16-8-4-5-9-17(16)29-20(19)22(23,24)25;2*22-13-5-3-6-14(23)18(13)20(29)28-16-9-8-11(10-27-16)17-12-4-1-2-7-15(12)30-19(17)21(24,25)26;22-15-7-3-1-5-13(15)20(28)27-17-10-9-12(11-26-17)18-14-6-2-4-8-16(14)29-19(18)21(23,24)25/h2-12H,1H3,(H,26,27,28);2*1-10H,(H,27,28,29);1-11H,(H,26,27,28). The number of amides is 4. The van der Waals surface area contributed by atoms with Crippen LogP contribution in [0.5, 0.6) is 0 Å². The summed E-state index contributed by atoms with van der Waals surface area (Å²) in [6, 6.07) is 53.7. The van der Waals surface area contributed by atoms with Crippen molar-refractivity contribution in [1.29, 1.82) is 0 Å². The third-order valence-electron chi connectivity index (χ3n) is 17.5. The van der Waals surface area contributed by atoms with Gasteiger partial charge in [-0.15, -0.1) is 0 Å². The van der Waals surface area contributed by atoms with Crippen LogP contribution in [0, 0.1) is 36.0 Å². The Bertz CT molecular complexity index is 6010. The molecular weight excluding hydrogens is 1580 g/mol. The molecule has 0 aliphatic rings. The lowest BCUT2D eigenvalue weighted by Crippen LogP contribution is -2.16. The van der Waals surface area contributed by atoms with Gasteiger partial charge in [-0.1, -0.05) is 115 Å². The molecule has 118 heavy (non-hydrogen) atoms. The van der Waals surface area contributed by atoms with E-state index in [0.717, 1.165) is 60.4 Å². The Hall–Kier alpha value is -14.8. The average molecular weight is 1630 g/mol. The fourth-order valence-electron chi connectivity index (χ4n) is 12.2. The Morgan fingerprint density at radius 2 is 0.508 bits per heavy atom. The van der Waals surface area contributed by atoms with Crippen molar-refractivity contribution < 1.29 is 111 Å². The first-order valence-electron chi connectivity index (χ1n) is 34.3. The Labute approximate surface area is 652 Å². The van der Waals surface area contributed by atoms with E-state index >= 15 is 0 Å². The van der Waals surface area contributed by atoms with E-state index in [1.807, 2.05) is 19.1 Å². The van der Waals surface area contributed by atoms with Crippen LogP contribution in [0.15, 0.2) is 273 Å². The molecule has 16 nitrogen and oxygen atoms in total. The van der Waals surface area contributed by atoms with E-state index < -0.39 is 106 Å². The summed E-state index contributed by atoms with van der Waals surface area (Å²) >= 11 is 0. The van der Waals surface area contributed by atoms with Crippen LogP contribution >= 0.6 is 0 Å². The first-order chi connectivity index (χ1) is 56.2. The zero-order chi connectivity index (χ0) is 84.1. The Morgan fingerprint density at radius 1 is 0.271 bits per heavy atom. The normalized spacial score (nSPS) is 11.6. The molecule has 0 aliphatic heterocycles. The van der Waals surface area contributed by atoms with Gasteiger partial charge in [-0.2, -0.15) is 52.7 Å². The molecule has 4 amide bonds. The molecular formula is C85H49F17N8O8. The molecule has 0 saturated carbocycles. The van der Waals surface area contributed by atoms with Crippen LogP contribution in [0.25, 0.3) is 88.4 Å². The number of fused-ring (bicyclic) bond motifs is 4. The Kier molecular flexibility index (Phi) is 23.0. The van der Waals surface area contributed by atoms with E-state index in [1.165, 1.54) is 122 Å². The molecule has 0 atom stereocenters. The topological polar surface area (TPSA) is 221 Å². The van der Waals surface area contributed by atoms with Gasteiger partial charge in [-0.25, -0.2) is 41.9 Å². The number of hydrogen-bond donors (Lipinski definition) is 4. The first kappa shape index (κ1) is 81.2. The second-order valence-electron chi connectivity index (χ2n) is 25.2. The van der Waals surface area contributed by atoms with Crippen molar-refractivity contribution in [2.24, 2.45) is 0 Å². The Morgan fingerprint density at radius 3 is 0.771 bits per heavy atom. The van der Waals surface area contributed by atoms with Crippen LogP contribution < -0.4 is 21.3 Å². The molecule has 8 aromatic carbocycles. The van der Waals surface area contributed by atoms with E-state index in [0.29, 0.717) is 16.3 Å². The number of alkyl halides is 12. The first-order valence-corrected chi connectivity index (χ1v) is 34.3. The molecule has 0 bridgehead atoms. The zero-order valence-electron chi connectivity index (χ0n) is 59.7. The number of hydrogen-bond acceptors (Lipinski definition) is 12. The minimum absolute atomic E-state index is 0.0623. The fourth-order valence-corrected chi connectivity index (χ4v) is 12.2. The molecule has 0 unspecified atom stereocenters. The lowest BCUT2D eigenvalue weighted by molar-refractivity contribution is -0.152. The summed E-state index contributed by atoms with van der Waals surface area (Å²) in [4.78, 5) is 64.7. The number of carbonyl (C=O) groups is 4. The van der Waals surface area contributed by atoms with E-state index in [4.69, 9.17) is 17.7 Å². The van der Waals surface area contributed by atoms with Crippen molar-refractivity contribution in [1.82, 2.24) is 19.9 Å². The molecule has 33 heteroatoms. The van der Waals surface area contributed by atoms with Crippen LogP contribution in [0.4, 0.5) is 97.9 Å². The van der Waals surface area contributed by atoms with Crippen molar-refractivity contribution in [2.45, 2.75) is 31.6 Å². The van der Waals surface area contributed by atoms with E-state index in [1.54, 1.807) is 66.7 Å². The molecule has 0 fully saturated rings. The Balaban J connectivity index is 0.000000136. The lowest BCUT2D eigenvalue weighted by atomic mass is 10.0. The lowest BCUT2D eigenvalue weighted by Gasteiger charge is -2.09. The number of nitrogens with zero attached hydrogens (tertiary/aromatic N) is 4. The molecule has 8 heterocycles. The van der Waals surface area contributed by atoms with Gasteiger partial charge in [0.25, 0.3) is 23.6 Å². The predicted molar refractivity (Wildman–Crippen MR) is 400 cm³/mol. The van der Waals surface area contributed by atoms with Gasteiger partial charge < -0.3 is 38.9 Å². The molecule has 596 valence electrons. The quantitative estimate of drug-likeness (QED) is 0.0839. The summed E-state index contributed by atoms with van der Waals surface area (Å²) in [7, 11) is 0. The van der Waals surface area contributed by atoms with E-state index in [2.05, 4.69) is 41.2 Å². The number of halogens is 17. The molecule has 0 saturated heterocycles. The molecule has 16 aromatic rings. The second kappa shape index (κ2) is 33.3. The maximum Gasteiger partial charge on any atom is 0.450 e. The van der Waals surface area contributed by atoms with Crippen LogP contribution in [0.2, 0.25) is 0 Å². The van der Waals surface area contributed by atoms with Crippen molar-refractivity contribution in [3.63, 3.8) is 0 Å². The van der Waals surface area contributed by atoms with Gasteiger partial charge >= 0.3 is 24.7 Å². The highest BCUT2D eigenvalue weighted by Crippen LogP contribution is 2.48. The zero-order valence-corrected chi connectivity index (χ0v) is 59.7. The van der Waals surface area contributed by atoms with Crippen molar-refractivity contribution in [2.75, 3.05) is 21.3 Å². The van der Waals surface area contributed by atoms with Crippen molar-refractivity contribution >= 4 is 90.8 Å². The fraction of sp³-hybridized carbons (Fsp3) is 0.0588. The van der Waals surface area contributed by atoms with Crippen LogP contribution in [-0.4, -0.2) is 43.6 Å². The van der Waals surface area contributed by atoms with Crippen molar-refractivity contribution in [3.05, 3.63) is 335 Å². The third-order valence-corrected chi connectivity index (χ3v) is 17.5. The number of benzene rings is 8. The van der Waals surface area contributed by atoms with Gasteiger partial charge in [0.15, 0.2) is 0 Å². The number of aryl methyl sites for hydroxylation is 1. The van der Waals surface area contributed by atoms with Gasteiger partial charge in [-0.3, -0.25) is 19.2 Å². The second-order valence-corrected chi connectivity index (χ2v) is 25.2. The number of carbonyl (C=O) groups excluding carboxylic acids is 4. The highest BCUT2D eigenvalue weighted by atomic mass is 19.4. The van der Waals surface area contributed by atoms with Gasteiger partial charge in [-0.05, 0) is 128 Å². The maximum absolute atomic E-state index is 13.7. The third kappa shape index (κ3) is 17.8. The highest BCUT2D eigenvalue weighted by Gasteiger charge is 2.43. The summed E-state index contributed by atoms with van der Waals surface area (Å²) in [5.41, 5.74) is -0.0345. The predicted octanol–water partition coefficient (Wildman–Crippen LogP) is 24.1. The minimum atomic E-state index is -4.73. The summed E-state index contributed by atoms with van der Waals surface area (Å²) < 4.78 is 250. The molecule has 16 rings (SSSR count). The van der Waals surface area contributed by atoms with Crippen LogP contribution in [0.1, 0.15) is 70.0 Å². The van der Waals surface area contributed by atoms with E-state index in [-0.39, 0.29) is 112 Å². The van der Waals surface area contributed by atoms with Gasteiger partial charge in [0, 0.05) is 96.4 Å². The largest absolute Gasteiger partial charge is 0.451 e. The monoisotopic (exact) mass is 1630 g/mol. The maximum atomic E-state index is 13.7. The number of aromatic nitrogens is 4. The van der Waals surface area contributed by atoms with Gasteiger partial charge in [0.2, 0.25) is 23.0 Å². The summed E-state index contributed by atoms with van der Waals surface area (Å²) in [5.74, 6) is -12.5. The summed E-state index contributed by atoms with van der Waals surface area (Å²) in [5, 5.41) is 10.6. The van der Waals surface area contributed by atoms with E-state index in [9.17, 15) is 93.8 Å².